The van der Waals surface area contributed by atoms with E-state index in [-0.39, 0.29) is 10.8 Å². The fraction of sp³-hybridized carbons (Fsp3) is 0.319. The largest absolute Gasteiger partial charge is 0.336 e. The van der Waals surface area contributed by atoms with Crippen LogP contribution in [-0.2, 0) is 0 Å². The Hall–Kier alpha value is -3.66. The van der Waals surface area contributed by atoms with Crippen LogP contribution in [-0.4, -0.2) is 6.54 Å². The molecule has 1 aliphatic heterocycles. The number of rotatable bonds is 7. The van der Waals surface area contributed by atoms with Gasteiger partial charge in [0.15, 0.2) is 0 Å². The molecule has 0 N–H and O–H groups in total. The molecule has 2 aliphatic carbocycles. The van der Waals surface area contributed by atoms with Crippen molar-refractivity contribution in [3.8, 4) is 0 Å². The van der Waals surface area contributed by atoms with Crippen molar-refractivity contribution < 1.29 is 0 Å². The molecule has 1 saturated carbocycles. The maximum absolute atomic E-state index is 4.50. The Morgan fingerprint density at radius 3 is 2.40 bits per heavy atom. The first kappa shape index (κ1) is 34.8. The number of nitrogens with zero attached hydrogens (tertiary/aromatic N) is 1. The highest BCUT2D eigenvalue weighted by molar-refractivity contribution is 8.04. The molecule has 3 aliphatic rings. The van der Waals surface area contributed by atoms with Crippen LogP contribution in [0.3, 0.4) is 0 Å². The number of hydrogen-bond acceptors (Lipinski definition) is 3. The molecule has 256 valence electrons. The molecular formula is C47H51NS2. The SMILES string of the molecule is C=C(/C=C1/C=C(C=C/C=C2/CC(/C=C3\Sc4c(ccc5ccccc45)N3CC)CC(C)(C)C2)CC(C)(C)C1)Sc1c(C)ccc2ccccc12. The summed E-state index contributed by atoms with van der Waals surface area (Å²) in [6, 6.07) is 26.5. The highest BCUT2D eigenvalue weighted by atomic mass is 32.2. The fourth-order valence-corrected chi connectivity index (χ4v) is 10.9. The summed E-state index contributed by atoms with van der Waals surface area (Å²) in [5.74, 6) is 0.534. The van der Waals surface area contributed by atoms with Crippen LogP contribution in [0.1, 0.15) is 72.3 Å². The van der Waals surface area contributed by atoms with Crippen LogP contribution in [0.2, 0.25) is 0 Å². The zero-order chi connectivity index (χ0) is 35.0. The molecule has 1 unspecified atom stereocenters. The molecule has 4 aromatic carbocycles. The van der Waals surface area contributed by atoms with Gasteiger partial charge in [0.2, 0.25) is 0 Å². The highest BCUT2D eigenvalue weighted by Gasteiger charge is 2.32. The van der Waals surface area contributed by atoms with Crippen LogP contribution in [0, 0.1) is 23.7 Å². The third-order valence-electron chi connectivity index (χ3n) is 10.4. The minimum absolute atomic E-state index is 0.213. The summed E-state index contributed by atoms with van der Waals surface area (Å²) in [5.41, 5.74) is 7.50. The number of allylic oxidation sites excluding steroid dienone is 9. The van der Waals surface area contributed by atoms with Crippen LogP contribution in [0.25, 0.3) is 21.5 Å². The van der Waals surface area contributed by atoms with Crippen LogP contribution < -0.4 is 4.90 Å². The van der Waals surface area contributed by atoms with E-state index in [4.69, 9.17) is 0 Å². The van der Waals surface area contributed by atoms with Gasteiger partial charge in [0, 0.05) is 21.2 Å². The molecule has 0 radical (unpaired) electrons. The molecule has 7 rings (SSSR count). The van der Waals surface area contributed by atoms with Gasteiger partial charge in [-0.05, 0) is 113 Å². The summed E-state index contributed by atoms with van der Waals surface area (Å²) >= 11 is 3.77. The minimum atomic E-state index is 0.213. The predicted octanol–water partition coefficient (Wildman–Crippen LogP) is 14.4. The molecule has 0 saturated heterocycles. The number of thioether (sulfide) groups is 2. The lowest BCUT2D eigenvalue weighted by Crippen LogP contribution is -2.24. The number of hydrogen-bond donors (Lipinski definition) is 0. The first-order valence-electron chi connectivity index (χ1n) is 18.3. The quantitative estimate of drug-likeness (QED) is 0.177. The summed E-state index contributed by atoms with van der Waals surface area (Å²) in [5, 5.41) is 6.69. The highest BCUT2D eigenvalue weighted by Crippen LogP contribution is 2.51. The number of anilines is 1. The molecule has 0 bridgehead atoms. The van der Waals surface area contributed by atoms with Gasteiger partial charge < -0.3 is 4.90 Å². The van der Waals surface area contributed by atoms with Gasteiger partial charge in [-0.3, -0.25) is 0 Å². The van der Waals surface area contributed by atoms with Gasteiger partial charge in [0.25, 0.3) is 0 Å². The lowest BCUT2D eigenvalue weighted by molar-refractivity contribution is 0.250. The Kier molecular flexibility index (Phi) is 9.85. The molecule has 3 heteroatoms. The summed E-state index contributed by atoms with van der Waals surface area (Å²) in [7, 11) is 0. The number of aryl methyl sites for hydroxylation is 1. The molecule has 50 heavy (non-hydrogen) atoms. The van der Waals surface area contributed by atoms with E-state index < -0.39 is 0 Å². The van der Waals surface area contributed by atoms with Crippen LogP contribution in [0.15, 0.2) is 152 Å². The standard InChI is InChI=1S/C47H51NS2/c1-8-48-42-23-22-39-17-10-12-19-41(39)45(42)50-43(48)27-37-26-35(29-47(6,7)31-37)15-13-14-34-25-36(30-46(4,5)28-34)24-33(3)49-44-32(2)20-21-38-16-9-11-18-40(38)44/h9-25,27,37H,3,8,26,28-31H2,1-2,4-7H3/b14-13?,35-15-,36-24-,43-27-. The maximum Gasteiger partial charge on any atom is 0.0763 e. The van der Waals surface area contributed by atoms with Crippen molar-refractivity contribution in [2.24, 2.45) is 16.7 Å². The molecule has 0 spiro atoms. The number of fused-ring (bicyclic) bond motifs is 4. The van der Waals surface area contributed by atoms with Gasteiger partial charge in [-0.1, -0.05) is 160 Å². The summed E-state index contributed by atoms with van der Waals surface area (Å²) in [6.07, 6.45) is 20.1. The Morgan fingerprint density at radius 2 is 1.62 bits per heavy atom. The van der Waals surface area contributed by atoms with E-state index in [2.05, 4.69) is 162 Å². The number of benzene rings is 4. The summed E-state index contributed by atoms with van der Waals surface area (Å²) in [6.45, 7) is 19.7. The van der Waals surface area contributed by atoms with E-state index in [1.165, 1.54) is 65.2 Å². The van der Waals surface area contributed by atoms with Crippen LogP contribution in [0.4, 0.5) is 5.69 Å². The summed E-state index contributed by atoms with van der Waals surface area (Å²) < 4.78 is 0. The second-order valence-electron chi connectivity index (χ2n) is 16.1. The predicted molar refractivity (Wildman–Crippen MR) is 222 cm³/mol. The first-order chi connectivity index (χ1) is 24.0. The topological polar surface area (TPSA) is 3.24 Å². The van der Waals surface area contributed by atoms with Crippen molar-refractivity contribution in [1.29, 1.82) is 0 Å². The average molecular weight is 694 g/mol. The van der Waals surface area contributed by atoms with E-state index in [9.17, 15) is 0 Å². The monoisotopic (exact) mass is 693 g/mol. The third-order valence-corrected chi connectivity index (χ3v) is 12.7. The van der Waals surface area contributed by atoms with Crippen molar-refractivity contribution in [3.05, 3.63) is 148 Å². The van der Waals surface area contributed by atoms with Gasteiger partial charge in [-0.25, -0.2) is 0 Å². The van der Waals surface area contributed by atoms with Gasteiger partial charge in [0.1, 0.15) is 0 Å². The third kappa shape index (κ3) is 7.65. The van der Waals surface area contributed by atoms with E-state index in [1.54, 1.807) is 17.3 Å². The Morgan fingerprint density at radius 1 is 0.900 bits per heavy atom. The first-order valence-corrected chi connectivity index (χ1v) is 19.9. The normalized spacial score (nSPS) is 22.6. The van der Waals surface area contributed by atoms with Crippen molar-refractivity contribution in [1.82, 2.24) is 0 Å². The van der Waals surface area contributed by atoms with Gasteiger partial charge in [0.05, 0.1) is 10.7 Å². The average Bonchev–Trinajstić information content (AvgIpc) is 3.42. The molecule has 4 aromatic rings. The molecule has 1 heterocycles. The second kappa shape index (κ2) is 14.2. The van der Waals surface area contributed by atoms with E-state index in [0.717, 1.165) is 37.1 Å². The Balaban J connectivity index is 1.08. The molecule has 0 amide bonds. The fourth-order valence-electron chi connectivity index (χ4n) is 8.47. The van der Waals surface area contributed by atoms with Crippen molar-refractivity contribution >= 4 is 50.8 Å². The van der Waals surface area contributed by atoms with E-state index in [1.807, 2.05) is 11.8 Å². The zero-order valence-electron chi connectivity index (χ0n) is 30.7. The van der Waals surface area contributed by atoms with E-state index in [0.29, 0.717) is 5.92 Å². The van der Waals surface area contributed by atoms with Crippen molar-refractivity contribution in [2.45, 2.75) is 83.4 Å². The van der Waals surface area contributed by atoms with Gasteiger partial charge >= 0.3 is 0 Å². The second-order valence-corrected chi connectivity index (χ2v) is 18.3. The molecular weight excluding hydrogens is 643 g/mol. The molecule has 1 fully saturated rings. The van der Waals surface area contributed by atoms with Gasteiger partial charge in [-0.2, -0.15) is 0 Å². The van der Waals surface area contributed by atoms with Gasteiger partial charge in [-0.15, -0.1) is 0 Å². The zero-order valence-corrected chi connectivity index (χ0v) is 32.3. The minimum Gasteiger partial charge on any atom is -0.336 e. The molecule has 0 aromatic heterocycles. The Bertz CT molecular complexity index is 2120. The Labute approximate surface area is 309 Å². The molecule has 1 nitrogen and oxygen atoms in total. The van der Waals surface area contributed by atoms with Crippen molar-refractivity contribution in [3.63, 3.8) is 0 Å². The van der Waals surface area contributed by atoms with E-state index >= 15 is 0 Å². The van der Waals surface area contributed by atoms with Crippen molar-refractivity contribution in [2.75, 3.05) is 11.4 Å². The van der Waals surface area contributed by atoms with Crippen LogP contribution >= 0.6 is 23.5 Å². The summed E-state index contributed by atoms with van der Waals surface area (Å²) in [4.78, 5) is 6.35. The smallest absolute Gasteiger partial charge is 0.0763 e. The molecule has 1 atom stereocenters. The maximum atomic E-state index is 4.50. The lowest BCUT2D eigenvalue weighted by atomic mass is 9.70. The van der Waals surface area contributed by atoms with Crippen LogP contribution in [0.5, 0.6) is 0 Å². The lowest BCUT2D eigenvalue weighted by Gasteiger charge is -2.36.